The van der Waals surface area contributed by atoms with Crippen molar-refractivity contribution in [2.75, 3.05) is 6.61 Å². The van der Waals surface area contributed by atoms with Gasteiger partial charge in [-0.15, -0.1) is 0 Å². The van der Waals surface area contributed by atoms with Crippen LogP contribution in [0.25, 0.3) is 0 Å². The molecule has 0 aliphatic carbocycles. The van der Waals surface area contributed by atoms with Crippen molar-refractivity contribution in [1.29, 1.82) is 0 Å². The minimum atomic E-state index is -0.397. The SMILES string of the molecule is CCCCCCCCOc1ccc([C@@H]2Oc3c(Cl)cc(Cl)cc3[C@@H]3CC(c4ccc(C)cc4)=NN32)cc1. The third-order valence-corrected chi connectivity index (χ3v) is 7.62. The molecule has 0 saturated carbocycles. The third-order valence-electron chi connectivity index (χ3n) is 7.12. The van der Waals surface area contributed by atoms with Crippen LogP contribution in [-0.2, 0) is 0 Å². The van der Waals surface area contributed by atoms with Crippen LogP contribution in [0.15, 0.2) is 65.8 Å². The highest BCUT2D eigenvalue weighted by molar-refractivity contribution is 6.35. The minimum Gasteiger partial charge on any atom is -0.494 e. The summed E-state index contributed by atoms with van der Waals surface area (Å²) >= 11 is 13.0. The number of aryl methyl sites for hydroxylation is 1. The Labute approximate surface area is 230 Å². The zero-order valence-electron chi connectivity index (χ0n) is 21.6. The molecule has 2 aliphatic heterocycles. The predicted molar refractivity (Wildman–Crippen MR) is 152 cm³/mol. The molecule has 2 aliphatic rings. The van der Waals surface area contributed by atoms with Crippen molar-refractivity contribution in [2.24, 2.45) is 5.10 Å². The van der Waals surface area contributed by atoms with Gasteiger partial charge in [0.2, 0.25) is 6.23 Å². The fourth-order valence-electron chi connectivity index (χ4n) is 5.06. The molecule has 37 heavy (non-hydrogen) atoms. The predicted octanol–water partition coefficient (Wildman–Crippen LogP) is 9.28. The fraction of sp³-hybridized carbons (Fsp3) is 0.387. The van der Waals surface area contributed by atoms with Crippen LogP contribution in [0.2, 0.25) is 10.0 Å². The molecule has 2 heterocycles. The van der Waals surface area contributed by atoms with E-state index < -0.39 is 6.23 Å². The second-order valence-electron chi connectivity index (χ2n) is 9.97. The molecule has 3 aromatic rings. The molecule has 0 radical (unpaired) electrons. The van der Waals surface area contributed by atoms with E-state index in [-0.39, 0.29) is 6.04 Å². The first-order chi connectivity index (χ1) is 18.0. The van der Waals surface area contributed by atoms with E-state index in [0.29, 0.717) is 15.8 Å². The lowest BCUT2D eigenvalue weighted by molar-refractivity contribution is -0.0189. The van der Waals surface area contributed by atoms with Crippen molar-refractivity contribution in [2.45, 2.75) is 71.1 Å². The van der Waals surface area contributed by atoms with Crippen LogP contribution in [0.1, 0.15) is 86.4 Å². The van der Waals surface area contributed by atoms with E-state index in [9.17, 15) is 0 Å². The summed E-state index contributed by atoms with van der Waals surface area (Å²) in [5, 5.41) is 8.22. The molecular weight excluding hydrogens is 503 g/mol. The molecule has 3 aromatic carbocycles. The molecule has 5 rings (SSSR count). The Kier molecular flexibility index (Phi) is 8.26. The number of benzene rings is 3. The summed E-state index contributed by atoms with van der Waals surface area (Å²) in [7, 11) is 0. The molecule has 2 atom stereocenters. The number of halogens is 2. The topological polar surface area (TPSA) is 34.1 Å². The van der Waals surface area contributed by atoms with E-state index in [1.165, 1.54) is 37.7 Å². The summed E-state index contributed by atoms with van der Waals surface area (Å²) in [4.78, 5) is 0. The van der Waals surface area contributed by atoms with E-state index in [0.717, 1.165) is 47.6 Å². The molecule has 0 fully saturated rings. The van der Waals surface area contributed by atoms with Gasteiger partial charge in [-0.2, -0.15) is 5.10 Å². The number of hydrogen-bond donors (Lipinski definition) is 0. The van der Waals surface area contributed by atoms with Crippen molar-refractivity contribution >= 4 is 28.9 Å². The maximum atomic E-state index is 6.61. The second-order valence-corrected chi connectivity index (χ2v) is 10.8. The monoisotopic (exact) mass is 536 g/mol. The van der Waals surface area contributed by atoms with Crippen LogP contribution in [0, 0.1) is 6.92 Å². The number of rotatable bonds is 10. The zero-order chi connectivity index (χ0) is 25.8. The molecular formula is C31H34Cl2N2O2. The van der Waals surface area contributed by atoms with E-state index in [1.807, 2.05) is 18.2 Å². The van der Waals surface area contributed by atoms with Gasteiger partial charge in [0.05, 0.1) is 23.4 Å². The molecule has 4 nitrogen and oxygen atoms in total. The Bertz CT molecular complexity index is 1240. The summed E-state index contributed by atoms with van der Waals surface area (Å²) in [6.45, 7) is 5.08. The largest absolute Gasteiger partial charge is 0.494 e. The van der Waals surface area contributed by atoms with Gasteiger partial charge in [0.25, 0.3) is 0 Å². The lowest BCUT2D eigenvalue weighted by atomic mass is 9.95. The maximum Gasteiger partial charge on any atom is 0.213 e. The van der Waals surface area contributed by atoms with E-state index in [2.05, 4.69) is 55.3 Å². The Hall–Kier alpha value is -2.69. The minimum absolute atomic E-state index is 0.00936. The number of unbranched alkanes of at least 4 members (excludes halogenated alkanes) is 5. The molecule has 0 unspecified atom stereocenters. The Morgan fingerprint density at radius 3 is 2.43 bits per heavy atom. The lowest BCUT2D eigenvalue weighted by Gasteiger charge is -2.38. The average molecular weight is 538 g/mol. The highest BCUT2D eigenvalue weighted by atomic mass is 35.5. The van der Waals surface area contributed by atoms with Gasteiger partial charge in [-0.3, -0.25) is 0 Å². The van der Waals surface area contributed by atoms with Crippen LogP contribution >= 0.6 is 23.2 Å². The number of nitrogens with zero attached hydrogens (tertiary/aromatic N) is 2. The van der Waals surface area contributed by atoms with Crippen LogP contribution in [0.4, 0.5) is 0 Å². The van der Waals surface area contributed by atoms with E-state index >= 15 is 0 Å². The Balaban J connectivity index is 1.35. The standard InChI is InChI=1S/C31H34Cl2N2O2/c1-3-4-5-6-7-8-17-36-25-15-13-23(14-16-25)31-35-29(26-18-24(32)19-27(33)30(26)37-31)20-28(34-35)22-11-9-21(2)10-12-22/h9-16,18-19,29,31H,3-8,17,20H2,1-2H3/t29-,31-/m0/s1. The van der Waals surface area contributed by atoms with Crippen LogP contribution in [0.5, 0.6) is 11.5 Å². The van der Waals surface area contributed by atoms with Gasteiger partial charge in [-0.25, -0.2) is 5.01 Å². The van der Waals surface area contributed by atoms with Crippen LogP contribution < -0.4 is 9.47 Å². The van der Waals surface area contributed by atoms with E-state index in [4.69, 9.17) is 37.8 Å². The molecule has 0 aromatic heterocycles. The second kappa shape index (κ2) is 11.8. The first-order valence-corrected chi connectivity index (χ1v) is 14.1. The lowest BCUT2D eigenvalue weighted by Crippen LogP contribution is -2.33. The molecule has 0 amide bonds. The zero-order valence-corrected chi connectivity index (χ0v) is 23.1. The first kappa shape index (κ1) is 25.9. The number of hydrazone groups is 1. The Morgan fingerprint density at radius 1 is 0.946 bits per heavy atom. The summed E-state index contributed by atoms with van der Waals surface area (Å²) < 4.78 is 12.5. The van der Waals surface area contributed by atoms with Gasteiger partial charge in [0.15, 0.2) is 0 Å². The summed E-state index contributed by atoms with van der Waals surface area (Å²) in [5.74, 6) is 1.56. The smallest absolute Gasteiger partial charge is 0.213 e. The fourth-order valence-corrected chi connectivity index (χ4v) is 5.61. The third kappa shape index (κ3) is 5.91. The molecule has 0 N–H and O–H groups in total. The van der Waals surface area contributed by atoms with Crippen molar-refractivity contribution in [3.8, 4) is 11.5 Å². The molecule has 194 valence electrons. The maximum absolute atomic E-state index is 6.61. The highest BCUT2D eigenvalue weighted by Gasteiger charge is 2.42. The summed E-state index contributed by atoms with van der Waals surface area (Å²) in [6.07, 6.45) is 7.86. The van der Waals surface area contributed by atoms with Gasteiger partial charge in [-0.1, -0.05) is 92.1 Å². The quantitative estimate of drug-likeness (QED) is 0.242. The first-order valence-electron chi connectivity index (χ1n) is 13.3. The van der Waals surface area contributed by atoms with Crippen molar-refractivity contribution in [3.05, 3.63) is 93.0 Å². The van der Waals surface area contributed by atoms with Crippen molar-refractivity contribution in [1.82, 2.24) is 5.01 Å². The summed E-state index contributed by atoms with van der Waals surface area (Å²) in [5.41, 5.74) is 5.35. The average Bonchev–Trinajstić information content (AvgIpc) is 3.35. The summed E-state index contributed by atoms with van der Waals surface area (Å²) in [6, 6.07) is 20.3. The van der Waals surface area contributed by atoms with Crippen LogP contribution in [-0.4, -0.2) is 17.3 Å². The molecule has 0 bridgehead atoms. The molecule has 0 spiro atoms. The van der Waals surface area contributed by atoms with Crippen molar-refractivity contribution in [3.63, 3.8) is 0 Å². The van der Waals surface area contributed by atoms with Crippen LogP contribution in [0.3, 0.4) is 0 Å². The van der Waals surface area contributed by atoms with Gasteiger partial charge < -0.3 is 9.47 Å². The number of fused-ring (bicyclic) bond motifs is 3. The Morgan fingerprint density at radius 2 is 1.68 bits per heavy atom. The number of hydrogen-bond acceptors (Lipinski definition) is 4. The van der Waals surface area contributed by atoms with Gasteiger partial charge >= 0.3 is 0 Å². The van der Waals surface area contributed by atoms with E-state index in [1.54, 1.807) is 6.07 Å². The van der Waals surface area contributed by atoms with Gasteiger partial charge in [0.1, 0.15) is 11.5 Å². The highest BCUT2D eigenvalue weighted by Crippen LogP contribution is 2.50. The molecule has 6 heteroatoms. The normalized spacial score (nSPS) is 18.2. The number of ether oxygens (including phenoxy) is 2. The van der Waals surface area contributed by atoms with Crippen molar-refractivity contribution < 1.29 is 9.47 Å². The molecule has 0 saturated heterocycles. The van der Waals surface area contributed by atoms with Gasteiger partial charge in [-0.05, 0) is 55.3 Å². The van der Waals surface area contributed by atoms with Gasteiger partial charge in [0, 0.05) is 22.6 Å².